The van der Waals surface area contributed by atoms with E-state index in [0.717, 1.165) is 0 Å². The fraction of sp³-hybridized carbons (Fsp3) is 0.786. The molecule has 1 heterocycles. The van der Waals surface area contributed by atoms with Crippen molar-refractivity contribution in [3.05, 3.63) is 0 Å². The van der Waals surface area contributed by atoms with Gasteiger partial charge in [0.2, 0.25) is 0 Å². The summed E-state index contributed by atoms with van der Waals surface area (Å²) in [7, 11) is 0. The summed E-state index contributed by atoms with van der Waals surface area (Å²) in [5.74, 6) is -0.706. The Morgan fingerprint density at radius 2 is 2.15 bits per heavy atom. The van der Waals surface area contributed by atoms with Crippen molar-refractivity contribution < 1.29 is 14.7 Å². The Morgan fingerprint density at radius 3 is 2.65 bits per heavy atom. The lowest BCUT2D eigenvalue weighted by atomic mass is 10.0. The number of urea groups is 1. The quantitative estimate of drug-likeness (QED) is 0.832. The summed E-state index contributed by atoms with van der Waals surface area (Å²) in [6, 6.07) is 1.02. The second kappa shape index (κ2) is 7.13. The van der Waals surface area contributed by atoms with E-state index in [2.05, 4.69) is 0 Å². The van der Waals surface area contributed by atoms with Crippen LogP contribution in [0.5, 0.6) is 0 Å². The monoisotopic (exact) mass is 281 g/mol. The minimum absolute atomic E-state index is 0.0340. The highest BCUT2D eigenvalue weighted by molar-refractivity contribution is 5.83. The number of amides is 2. The van der Waals surface area contributed by atoms with E-state index in [0.29, 0.717) is 26.1 Å². The van der Waals surface area contributed by atoms with Crippen molar-refractivity contribution in [2.45, 2.75) is 39.7 Å². The summed E-state index contributed by atoms with van der Waals surface area (Å²) in [5, 5.41) is 18.0. The topological polar surface area (TPSA) is 84.6 Å². The molecule has 112 valence electrons. The van der Waals surface area contributed by atoms with Gasteiger partial charge in [0.15, 0.2) is 0 Å². The Morgan fingerprint density at radius 1 is 1.50 bits per heavy atom. The Bertz CT molecular complexity index is 403. The smallest absolute Gasteiger partial charge is 0.326 e. The molecule has 0 saturated carbocycles. The van der Waals surface area contributed by atoms with Gasteiger partial charge in [0.05, 0.1) is 12.5 Å². The molecule has 0 aromatic rings. The lowest BCUT2D eigenvalue weighted by Gasteiger charge is -2.31. The summed E-state index contributed by atoms with van der Waals surface area (Å²) in [5.41, 5.74) is 0. The second-order valence-electron chi connectivity index (χ2n) is 5.77. The molecule has 20 heavy (non-hydrogen) atoms. The molecule has 2 atom stereocenters. The molecule has 6 nitrogen and oxygen atoms in total. The number of carbonyl (C=O) groups is 2. The molecule has 0 bridgehead atoms. The summed E-state index contributed by atoms with van der Waals surface area (Å²) >= 11 is 0. The molecule has 1 N–H and O–H groups in total. The van der Waals surface area contributed by atoms with Gasteiger partial charge in [-0.05, 0) is 18.3 Å². The molecule has 0 aliphatic carbocycles. The van der Waals surface area contributed by atoms with Gasteiger partial charge in [-0.3, -0.25) is 0 Å². The normalized spacial score (nSPS) is 21.9. The van der Waals surface area contributed by atoms with Crippen LogP contribution in [0.4, 0.5) is 4.79 Å². The van der Waals surface area contributed by atoms with Crippen LogP contribution < -0.4 is 0 Å². The number of carbonyl (C=O) groups excluding carboxylic acids is 1. The molecule has 1 aliphatic heterocycles. The number of aliphatic carboxylic acids is 1. The number of carboxylic acids is 1. The fourth-order valence-corrected chi connectivity index (χ4v) is 2.61. The molecule has 1 fully saturated rings. The summed E-state index contributed by atoms with van der Waals surface area (Å²) in [6.45, 7) is 7.20. The third-order valence-corrected chi connectivity index (χ3v) is 3.55. The summed E-state index contributed by atoms with van der Waals surface area (Å²) < 4.78 is 0. The Hall–Kier alpha value is -1.77. The largest absolute Gasteiger partial charge is 0.480 e. The molecule has 2 unspecified atom stereocenters. The van der Waals surface area contributed by atoms with Crippen molar-refractivity contribution in [3.63, 3.8) is 0 Å². The number of hydrogen-bond acceptors (Lipinski definition) is 3. The van der Waals surface area contributed by atoms with Crippen molar-refractivity contribution in [1.29, 1.82) is 5.26 Å². The van der Waals surface area contributed by atoms with Crippen LogP contribution in [-0.4, -0.2) is 52.6 Å². The summed E-state index contributed by atoms with van der Waals surface area (Å²) in [4.78, 5) is 26.9. The van der Waals surface area contributed by atoms with E-state index < -0.39 is 12.0 Å². The molecule has 0 spiro atoms. The third kappa shape index (κ3) is 3.86. The highest BCUT2D eigenvalue weighted by Gasteiger charge is 2.41. The van der Waals surface area contributed by atoms with Crippen LogP contribution in [0.1, 0.15) is 33.6 Å². The lowest BCUT2D eigenvalue weighted by molar-refractivity contribution is -0.142. The molecule has 1 rings (SSSR count). The molecule has 0 aromatic heterocycles. The van der Waals surface area contributed by atoms with E-state index in [1.807, 2.05) is 26.8 Å². The highest BCUT2D eigenvalue weighted by Crippen LogP contribution is 2.25. The molecule has 0 radical (unpaired) electrons. The van der Waals surface area contributed by atoms with Crippen molar-refractivity contribution in [2.75, 3.05) is 19.6 Å². The first-order chi connectivity index (χ1) is 9.38. The predicted octanol–water partition coefficient (Wildman–Crippen LogP) is 1.77. The van der Waals surface area contributed by atoms with Gasteiger partial charge < -0.3 is 14.9 Å². The van der Waals surface area contributed by atoms with E-state index in [1.54, 1.807) is 4.90 Å². The van der Waals surface area contributed by atoms with Crippen molar-refractivity contribution in [1.82, 2.24) is 9.80 Å². The van der Waals surface area contributed by atoms with Crippen LogP contribution in [0.25, 0.3) is 0 Å². The average Bonchev–Trinajstić information content (AvgIpc) is 2.75. The first-order valence-electron chi connectivity index (χ1n) is 7.03. The maximum absolute atomic E-state index is 12.5. The standard InChI is InChI=1S/C14H23N3O3/c1-10(2)9-16(7-4-6-15)14(20)17-8-5-11(3)12(17)13(18)19/h10-12H,4-5,7-9H2,1-3H3,(H,18,19). The SMILES string of the molecule is CC(C)CN(CCC#N)C(=O)N1CCC(C)C1C(=O)O. The average molecular weight is 281 g/mol. The number of nitrogens with zero attached hydrogens (tertiary/aromatic N) is 3. The van der Waals surface area contributed by atoms with Crippen LogP contribution in [0.15, 0.2) is 0 Å². The molecular weight excluding hydrogens is 258 g/mol. The van der Waals surface area contributed by atoms with E-state index in [-0.39, 0.29) is 24.3 Å². The maximum atomic E-state index is 12.5. The molecule has 0 aromatic carbocycles. The fourth-order valence-electron chi connectivity index (χ4n) is 2.61. The molecule has 1 aliphatic rings. The van der Waals surface area contributed by atoms with Crippen molar-refractivity contribution >= 4 is 12.0 Å². The van der Waals surface area contributed by atoms with Gasteiger partial charge >= 0.3 is 12.0 Å². The first-order valence-corrected chi connectivity index (χ1v) is 7.03. The lowest BCUT2D eigenvalue weighted by Crippen LogP contribution is -2.50. The zero-order chi connectivity index (χ0) is 15.3. The number of likely N-dealkylation sites (tertiary alicyclic amines) is 1. The minimum atomic E-state index is -0.951. The van der Waals surface area contributed by atoms with E-state index in [9.17, 15) is 14.7 Å². The Balaban J connectivity index is 2.82. The highest BCUT2D eigenvalue weighted by atomic mass is 16.4. The van der Waals surface area contributed by atoms with Gasteiger partial charge in [0.1, 0.15) is 6.04 Å². The second-order valence-corrected chi connectivity index (χ2v) is 5.77. The predicted molar refractivity (Wildman–Crippen MR) is 73.9 cm³/mol. The van der Waals surface area contributed by atoms with Gasteiger partial charge in [-0.25, -0.2) is 9.59 Å². The van der Waals surface area contributed by atoms with Gasteiger partial charge in [-0.2, -0.15) is 5.26 Å². The van der Waals surface area contributed by atoms with Crippen LogP contribution >= 0.6 is 0 Å². The van der Waals surface area contributed by atoms with Crippen LogP contribution in [0.3, 0.4) is 0 Å². The molecular formula is C14H23N3O3. The third-order valence-electron chi connectivity index (χ3n) is 3.55. The van der Waals surface area contributed by atoms with Crippen LogP contribution in [-0.2, 0) is 4.79 Å². The van der Waals surface area contributed by atoms with Gasteiger partial charge in [0.25, 0.3) is 0 Å². The van der Waals surface area contributed by atoms with E-state index >= 15 is 0 Å². The van der Waals surface area contributed by atoms with Gasteiger partial charge in [0, 0.05) is 19.6 Å². The van der Waals surface area contributed by atoms with E-state index in [4.69, 9.17) is 5.26 Å². The first kappa shape index (κ1) is 16.3. The number of carboxylic acid groups (broad SMARTS) is 1. The number of hydrogen-bond donors (Lipinski definition) is 1. The zero-order valence-corrected chi connectivity index (χ0v) is 12.4. The van der Waals surface area contributed by atoms with E-state index in [1.165, 1.54) is 4.90 Å². The van der Waals surface area contributed by atoms with Gasteiger partial charge in [-0.15, -0.1) is 0 Å². The Kier molecular flexibility index (Phi) is 5.81. The van der Waals surface area contributed by atoms with Crippen LogP contribution in [0.2, 0.25) is 0 Å². The molecule has 2 amide bonds. The van der Waals surface area contributed by atoms with Crippen molar-refractivity contribution in [2.24, 2.45) is 11.8 Å². The van der Waals surface area contributed by atoms with Crippen LogP contribution in [0, 0.1) is 23.2 Å². The molecule has 1 saturated heterocycles. The summed E-state index contributed by atoms with van der Waals surface area (Å²) in [6.07, 6.45) is 0.968. The number of rotatable bonds is 5. The van der Waals surface area contributed by atoms with Crippen molar-refractivity contribution in [3.8, 4) is 6.07 Å². The maximum Gasteiger partial charge on any atom is 0.326 e. The van der Waals surface area contributed by atoms with Gasteiger partial charge in [-0.1, -0.05) is 20.8 Å². The minimum Gasteiger partial charge on any atom is -0.480 e. The Labute approximate surface area is 120 Å². The number of nitriles is 1. The zero-order valence-electron chi connectivity index (χ0n) is 12.4. The molecule has 6 heteroatoms.